The number of aromatic hydroxyl groups is 1. The van der Waals surface area contributed by atoms with Gasteiger partial charge in [-0.25, -0.2) is 0 Å². The van der Waals surface area contributed by atoms with Crippen molar-refractivity contribution in [3.05, 3.63) is 45.1 Å². The lowest BCUT2D eigenvalue weighted by Crippen LogP contribution is -2.10. The Bertz CT molecular complexity index is 1620. The van der Waals surface area contributed by atoms with E-state index in [-0.39, 0.29) is 23.2 Å². The number of rotatable bonds is 3. The number of H-pyrrole nitrogens is 2. The van der Waals surface area contributed by atoms with Gasteiger partial charge in [0.15, 0.2) is 11.2 Å². The Kier molecular flexibility index (Phi) is 3.93. The molecule has 0 radical (unpaired) electrons. The minimum Gasteiger partial charge on any atom is -0.502 e. The summed E-state index contributed by atoms with van der Waals surface area (Å²) in [5, 5.41) is 18.9. The van der Waals surface area contributed by atoms with Crippen molar-refractivity contribution in [2.24, 2.45) is 0 Å². The first-order valence-electron chi connectivity index (χ1n) is 10.9. The first-order valence-corrected chi connectivity index (χ1v) is 10.9. The van der Waals surface area contributed by atoms with Crippen LogP contribution in [-0.2, 0) is 0 Å². The van der Waals surface area contributed by atoms with Crippen LogP contribution in [0.4, 0.5) is 0 Å². The molecule has 0 unspecified atom stereocenters. The fourth-order valence-corrected chi connectivity index (χ4v) is 4.93. The first-order chi connectivity index (χ1) is 15.4. The third kappa shape index (κ3) is 2.54. The largest absolute Gasteiger partial charge is 0.502 e. The predicted molar refractivity (Wildman–Crippen MR) is 121 cm³/mol. The molecule has 9 heteroatoms. The summed E-state index contributed by atoms with van der Waals surface area (Å²) in [6, 6.07) is 3.31. The Labute approximate surface area is 181 Å². The van der Waals surface area contributed by atoms with Gasteiger partial charge in [-0.05, 0) is 38.8 Å². The molecular weight excluding hydrogens is 410 g/mol. The monoisotopic (exact) mass is 433 g/mol. The maximum atomic E-state index is 13.2. The number of aromatic amines is 2. The Hall–Kier alpha value is -3.75. The molecule has 1 aromatic carbocycles. The first kappa shape index (κ1) is 19.0. The van der Waals surface area contributed by atoms with E-state index in [1.165, 1.54) is 6.07 Å². The number of fused-ring (bicyclic) bond motifs is 4. The van der Waals surface area contributed by atoms with Gasteiger partial charge in [0.1, 0.15) is 5.65 Å². The fraction of sp³-hybridized carbons (Fsp3) is 0.348. The van der Waals surface area contributed by atoms with E-state index >= 15 is 0 Å². The molecule has 1 saturated carbocycles. The number of phenols is 1. The van der Waals surface area contributed by atoms with E-state index in [9.17, 15) is 14.7 Å². The lowest BCUT2D eigenvalue weighted by molar-refractivity contribution is 0.464. The third-order valence-electron chi connectivity index (χ3n) is 6.55. The summed E-state index contributed by atoms with van der Waals surface area (Å²) in [6.07, 6.45) is 7.84. The topological polar surface area (TPSA) is 122 Å². The Morgan fingerprint density at radius 1 is 1.19 bits per heavy atom. The van der Waals surface area contributed by atoms with Gasteiger partial charge in [-0.15, -0.1) is 0 Å². The maximum absolute atomic E-state index is 13.2. The van der Waals surface area contributed by atoms with Crippen LogP contribution < -0.4 is 11.0 Å². The predicted octanol–water partition coefficient (Wildman–Crippen LogP) is 4.18. The second kappa shape index (κ2) is 6.62. The lowest BCUT2D eigenvalue weighted by atomic mass is 10.0. The molecule has 1 aliphatic carbocycles. The summed E-state index contributed by atoms with van der Waals surface area (Å²) < 4.78 is 9.79. The number of nitrogens with one attached hydrogen (secondary N) is 2. The van der Waals surface area contributed by atoms with Crippen LogP contribution in [0.15, 0.2) is 38.5 Å². The molecule has 9 nitrogen and oxygen atoms in total. The van der Waals surface area contributed by atoms with Gasteiger partial charge in [0.05, 0.1) is 23.1 Å². The molecule has 6 rings (SSSR count). The van der Waals surface area contributed by atoms with E-state index in [0.29, 0.717) is 33.1 Å². The molecule has 0 atom stereocenters. The molecule has 0 aliphatic heterocycles. The molecule has 1 fully saturated rings. The standard InChI is InChI=1S/C23H23N5O4/c1-11(2)27-10-12(9-24-27)16-17-22(28(26-23(17)31)13-5-3-4-6-13)25-18-14-7-8-15(29)19(30)20(14)32-21(16)18/h7-11,13,25,30H,3-6H2,1-2H3,(H,26,31). The summed E-state index contributed by atoms with van der Waals surface area (Å²) in [6.45, 7) is 4.05. The van der Waals surface area contributed by atoms with Crippen molar-refractivity contribution in [3.8, 4) is 16.9 Å². The van der Waals surface area contributed by atoms with Crippen molar-refractivity contribution >= 4 is 33.1 Å². The highest BCUT2D eigenvalue weighted by atomic mass is 16.4. The zero-order valence-electron chi connectivity index (χ0n) is 17.8. The summed E-state index contributed by atoms with van der Waals surface area (Å²) in [7, 11) is 0. The van der Waals surface area contributed by atoms with Crippen molar-refractivity contribution in [3.63, 3.8) is 0 Å². The highest BCUT2D eigenvalue weighted by Crippen LogP contribution is 2.41. The zero-order valence-corrected chi connectivity index (χ0v) is 17.8. The summed E-state index contributed by atoms with van der Waals surface area (Å²) >= 11 is 0. The quantitative estimate of drug-likeness (QED) is 0.394. The highest BCUT2D eigenvalue weighted by molar-refractivity contribution is 6.15. The van der Waals surface area contributed by atoms with E-state index in [1.54, 1.807) is 12.3 Å². The summed E-state index contributed by atoms with van der Waals surface area (Å²) in [5.74, 6) is -0.437. The van der Waals surface area contributed by atoms with Crippen LogP contribution in [0.2, 0.25) is 0 Å². The molecular formula is C23H23N5O4. The Morgan fingerprint density at radius 3 is 2.69 bits per heavy atom. The SMILES string of the molecule is CC(C)n1cc(-c2c3oc4c(O)c(=O)ccc4c3[nH]c3c2c(=O)[nH]n3C2CCCC2)cn1. The molecule has 5 aromatic rings. The van der Waals surface area contributed by atoms with Crippen molar-refractivity contribution in [1.82, 2.24) is 24.5 Å². The average Bonchev–Trinajstić information content (AvgIpc) is 3.55. The molecule has 32 heavy (non-hydrogen) atoms. The highest BCUT2D eigenvalue weighted by Gasteiger charge is 2.27. The van der Waals surface area contributed by atoms with Gasteiger partial charge in [-0.2, -0.15) is 5.10 Å². The van der Waals surface area contributed by atoms with Crippen LogP contribution in [-0.4, -0.2) is 29.7 Å². The molecule has 0 bridgehead atoms. The van der Waals surface area contributed by atoms with Crippen molar-refractivity contribution in [2.75, 3.05) is 0 Å². The maximum Gasteiger partial charge on any atom is 0.274 e. The summed E-state index contributed by atoms with van der Waals surface area (Å²) in [5.41, 5.74) is 2.43. The number of aromatic nitrogens is 5. The number of hydrogen-bond donors (Lipinski definition) is 3. The third-order valence-corrected chi connectivity index (χ3v) is 6.55. The zero-order chi connectivity index (χ0) is 22.1. The van der Waals surface area contributed by atoms with E-state index in [0.717, 1.165) is 31.2 Å². The average molecular weight is 433 g/mol. The molecule has 1 aliphatic rings. The minimum absolute atomic E-state index is 0.109. The number of phenolic OH excluding ortho intramolecular Hbond substituents is 1. The smallest absolute Gasteiger partial charge is 0.274 e. The van der Waals surface area contributed by atoms with Gasteiger partial charge in [-0.3, -0.25) is 24.1 Å². The summed E-state index contributed by atoms with van der Waals surface area (Å²) in [4.78, 5) is 28.6. The van der Waals surface area contributed by atoms with Gasteiger partial charge in [-0.1, -0.05) is 12.8 Å². The van der Waals surface area contributed by atoms with Gasteiger partial charge in [0.2, 0.25) is 11.2 Å². The number of nitrogens with zero attached hydrogens (tertiary/aromatic N) is 3. The second-order valence-electron chi connectivity index (χ2n) is 8.87. The Balaban J connectivity index is 1.79. The van der Waals surface area contributed by atoms with Crippen LogP contribution in [0.25, 0.3) is 44.2 Å². The lowest BCUT2D eigenvalue weighted by Gasteiger charge is -2.12. The normalized spacial score (nSPS) is 15.2. The number of benzene rings is 1. The molecule has 4 heterocycles. The molecule has 0 saturated heterocycles. The van der Waals surface area contributed by atoms with Crippen LogP contribution in [0.3, 0.4) is 0 Å². The van der Waals surface area contributed by atoms with Gasteiger partial charge >= 0.3 is 0 Å². The number of furan rings is 1. The van der Waals surface area contributed by atoms with Crippen LogP contribution in [0.5, 0.6) is 5.75 Å². The number of pyridine rings is 1. The van der Waals surface area contributed by atoms with Crippen LogP contribution >= 0.6 is 0 Å². The van der Waals surface area contributed by atoms with E-state index in [2.05, 4.69) is 15.2 Å². The van der Waals surface area contributed by atoms with E-state index in [1.807, 2.05) is 29.4 Å². The molecule has 3 N–H and O–H groups in total. The van der Waals surface area contributed by atoms with Crippen LogP contribution in [0.1, 0.15) is 51.6 Å². The van der Waals surface area contributed by atoms with Gasteiger partial charge in [0, 0.05) is 28.8 Å². The van der Waals surface area contributed by atoms with Crippen molar-refractivity contribution < 1.29 is 9.52 Å². The van der Waals surface area contributed by atoms with Crippen molar-refractivity contribution in [1.29, 1.82) is 0 Å². The van der Waals surface area contributed by atoms with Crippen molar-refractivity contribution in [2.45, 2.75) is 51.6 Å². The fourth-order valence-electron chi connectivity index (χ4n) is 4.93. The molecule has 4 aromatic heterocycles. The minimum atomic E-state index is -0.511. The molecule has 0 spiro atoms. The van der Waals surface area contributed by atoms with E-state index < -0.39 is 11.2 Å². The number of hydrogen-bond acceptors (Lipinski definition) is 5. The van der Waals surface area contributed by atoms with Crippen LogP contribution in [0, 0.1) is 0 Å². The van der Waals surface area contributed by atoms with Gasteiger partial charge in [0.25, 0.3) is 5.56 Å². The Morgan fingerprint density at radius 2 is 1.97 bits per heavy atom. The van der Waals surface area contributed by atoms with E-state index in [4.69, 9.17) is 4.42 Å². The molecule has 0 amide bonds. The second-order valence-corrected chi connectivity index (χ2v) is 8.87. The van der Waals surface area contributed by atoms with Gasteiger partial charge < -0.3 is 14.5 Å². The molecule has 164 valence electrons.